The fraction of sp³-hybridized carbons (Fsp3) is 0.389. The van der Waals surface area contributed by atoms with Crippen LogP contribution in [0.25, 0.3) is 10.9 Å². The Morgan fingerprint density at radius 2 is 2.23 bits per heavy atom. The number of benzene rings is 1. The van der Waals surface area contributed by atoms with E-state index < -0.39 is 0 Å². The van der Waals surface area contributed by atoms with Crippen LogP contribution >= 0.6 is 0 Å². The number of H-pyrrole nitrogens is 1. The maximum Gasteiger partial charge on any atom is 0.237 e. The lowest BCUT2D eigenvalue weighted by Crippen LogP contribution is -2.45. The molecule has 22 heavy (non-hydrogen) atoms. The molecule has 4 heteroatoms. The van der Waals surface area contributed by atoms with Crippen LogP contribution in [0.4, 0.5) is 0 Å². The maximum atomic E-state index is 12.2. The molecule has 0 aliphatic heterocycles. The minimum atomic E-state index is -0.205. The standard InChI is InChI=1S/C18H23N3O/c1-4-12-21(5-2)14(3)18(22)19-11-10-15-13-20-17-9-7-6-8-16(15)17/h1,6-9,13-14,20H,5,10-12H2,2-3H3,(H,19,22)/t14-/m1/s1. The number of rotatable bonds is 7. The van der Waals surface area contributed by atoms with Crippen LogP contribution < -0.4 is 5.32 Å². The van der Waals surface area contributed by atoms with Crippen LogP contribution in [0.15, 0.2) is 30.5 Å². The topological polar surface area (TPSA) is 48.1 Å². The van der Waals surface area contributed by atoms with Crippen LogP contribution in [0.3, 0.4) is 0 Å². The number of para-hydroxylation sites is 1. The van der Waals surface area contributed by atoms with Crippen molar-refractivity contribution in [2.45, 2.75) is 26.3 Å². The number of hydrogen-bond donors (Lipinski definition) is 2. The number of amides is 1. The molecule has 2 aromatic rings. The Morgan fingerprint density at radius 3 is 2.95 bits per heavy atom. The molecule has 0 aliphatic carbocycles. The van der Waals surface area contributed by atoms with E-state index in [0.29, 0.717) is 13.1 Å². The van der Waals surface area contributed by atoms with Gasteiger partial charge >= 0.3 is 0 Å². The highest BCUT2D eigenvalue weighted by atomic mass is 16.2. The van der Waals surface area contributed by atoms with Crippen molar-refractivity contribution in [3.05, 3.63) is 36.0 Å². The average molecular weight is 297 g/mol. The van der Waals surface area contributed by atoms with E-state index >= 15 is 0 Å². The number of aromatic amines is 1. The lowest BCUT2D eigenvalue weighted by Gasteiger charge is -2.24. The number of carbonyl (C=O) groups is 1. The summed E-state index contributed by atoms with van der Waals surface area (Å²) < 4.78 is 0. The van der Waals surface area contributed by atoms with Crippen molar-refractivity contribution < 1.29 is 4.79 Å². The summed E-state index contributed by atoms with van der Waals surface area (Å²) >= 11 is 0. The summed E-state index contributed by atoms with van der Waals surface area (Å²) in [6.07, 6.45) is 8.15. The summed E-state index contributed by atoms with van der Waals surface area (Å²) in [7, 11) is 0. The molecule has 0 bridgehead atoms. The third-order valence-corrected chi connectivity index (χ3v) is 4.00. The fourth-order valence-corrected chi connectivity index (χ4v) is 2.61. The minimum Gasteiger partial charge on any atom is -0.361 e. The van der Waals surface area contributed by atoms with Crippen molar-refractivity contribution in [2.75, 3.05) is 19.6 Å². The maximum absolute atomic E-state index is 12.2. The van der Waals surface area contributed by atoms with Crippen LogP contribution in [0, 0.1) is 12.3 Å². The van der Waals surface area contributed by atoms with Gasteiger partial charge in [-0.2, -0.15) is 0 Å². The zero-order valence-corrected chi connectivity index (χ0v) is 13.2. The molecule has 0 unspecified atom stereocenters. The number of hydrogen-bond acceptors (Lipinski definition) is 2. The molecule has 0 saturated carbocycles. The number of likely N-dealkylation sites (N-methyl/N-ethyl adjacent to an activating group) is 1. The molecule has 0 saturated heterocycles. The number of nitrogens with one attached hydrogen (secondary N) is 2. The molecule has 1 heterocycles. The van der Waals surface area contributed by atoms with E-state index in [0.717, 1.165) is 18.5 Å². The molecule has 0 fully saturated rings. The van der Waals surface area contributed by atoms with Crippen molar-refractivity contribution in [1.29, 1.82) is 0 Å². The number of fused-ring (bicyclic) bond motifs is 1. The van der Waals surface area contributed by atoms with E-state index in [-0.39, 0.29) is 11.9 Å². The van der Waals surface area contributed by atoms with Gasteiger partial charge in [0.1, 0.15) is 0 Å². The van der Waals surface area contributed by atoms with Crippen molar-refractivity contribution in [3.8, 4) is 12.3 Å². The van der Waals surface area contributed by atoms with Gasteiger partial charge in [-0.05, 0) is 31.5 Å². The smallest absolute Gasteiger partial charge is 0.237 e. The van der Waals surface area contributed by atoms with E-state index in [1.54, 1.807) is 0 Å². The Balaban J connectivity index is 1.88. The largest absolute Gasteiger partial charge is 0.361 e. The van der Waals surface area contributed by atoms with Crippen molar-refractivity contribution in [2.24, 2.45) is 0 Å². The lowest BCUT2D eigenvalue weighted by molar-refractivity contribution is -0.125. The molecular formula is C18H23N3O. The Hall–Kier alpha value is -2.25. The number of aromatic nitrogens is 1. The van der Waals surface area contributed by atoms with Crippen molar-refractivity contribution in [1.82, 2.24) is 15.2 Å². The summed E-state index contributed by atoms with van der Waals surface area (Å²) in [5, 5.41) is 4.21. The SMILES string of the molecule is C#CCN(CC)[C@H](C)C(=O)NCCc1c[nH]c2ccccc12. The zero-order chi connectivity index (χ0) is 15.9. The first-order valence-corrected chi connectivity index (χ1v) is 7.67. The van der Waals surface area contributed by atoms with Gasteiger partial charge in [-0.15, -0.1) is 6.42 Å². The molecule has 2 rings (SSSR count). The second kappa shape index (κ2) is 7.67. The van der Waals surface area contributed by atoms with Gasteiger partial charge in [0, 0.05) is 23.6 Å². The molecule has 1 aromatic heterocycles. The van der Waals surface area contributed by atoms with Crippen LogP contribution in [0.1, 0.15) is 19.4 Å². The molecule has 1 aromatic carbocycles. The predicted molar refractivity (Wildman–Crippen MR) is 90.6 cm³/mol. The Bertz CT molecular complexity index is 668. The first-order valence-electron chi connectivity index (χ1n) is 7.67. The molecule has 4 nitrogen and oxygen atoms in total. The van der Waals surface area contributed by atoms with Gasteiger partial charge in [0.2, 0.25) is 5.91 Å². The van der Waals surface area contributed by atoms with Gasteiger partial charge < -0.3 is 10.3 Å². The summed E-state index contributed by atoms with van der Waals surface area (Å²) in [6, 6.07) is 7.98. The van der Waals surface area contributed by atoms with Gasteiger partial charge in [0.25, 0.3) is 0 Å². The van der Waals surface area contributed by atoms with Crippen LogP contribution in [-0.4, -0.2) is 41.5 Å². The van der Waals surface area contributed by atoms with E-state index in [9.17, 15) is 4.79 Å². The van der Waals surface area contributed by atoms with Gasteiger partial charge in [0.05, 0.1) is 12.6 Å². The normalized spacial score (nSPS) is 12.3. The first kappa shape index (κ1) is 16.1. The second-order valence-electron chi connectivity index (χ2n) is 5.34. The summed E-state index contributed by atoms with van der Waals surface area (Å²) in [6.45, 7) is 5.78. The van der Waals surface area contributed by atoms with Gasteiger partial charge in [-0.25, -0.2) is 0 Å². The summed E-state index contributed by atoms with van der Waals surface area (Å²) in [5.41, 5.74) is 2.35. The minimum absolute atomic E-state index is 0.0249. The number of carbonyl (C=O) groups excluding carboxylic acids is 1. The summed E-state index contributed by atoms with van der Waals surface area (Å²) in [5.74, 6) is 2.62. The molecule has 1 atom stereocenters. The van der Waals surface area contributed by atoms with Crippen LogP contribution in [0.5, 0.6) is 0 Å². The highest BCUT2D eigenvalue weighted by Gasteiger charge is 2.18. The molecule has 0 spiro atoms. The van der Waals surface area contributed by atoms with Gasteiger partial charge in [-0.1, -0.05) is 31.0 Å². The highest BCUT2D eigenvalue weighted by Crippen LogP contribution is 2.17. The van der Waals surface area contributed by atoms with Gasteiger partial charge in [0.15, 0.2) is 0 Å². The summed E-state index contributed by atoms with van der Waals surface area (Å²) in [4.78, 5) is 17.4. The molecule has 1 amide bonds. The van der Waals surface area contributed by atoms with E-state index in [4.69, 9.17) is 6.42 Å². The molecule has 2 N–H and O–H groups in total. The second-order valence-corrected chi connectivity index (χ2v) is 5.34. The van der Waals surface area contributed by atoms with Crippen LogP contribution in [-0.2, 0) is 11.2 Å². The Labute approximate surface area is 131 Å². The van der Waals surface area contributed by atoms with E-state index in [2.05, 4.69) is 28.4 Å². The molecule has 0 aliphatic rings. The third-order valence-electron chi connectivity index (χ3n) is 4.00. The molecular weight excluding hydrogens is 274 g/mol. The van der Waals surface area contributed by atoms with E-state index in [1.165, 1.54) is 10.9 Å². The molecule has 116 valence electrons. The van der Waals surface area contributed by atoms with Crippen molar-refractivity contribution in [3.63, 3.8) is 0 Å². The molecule has 0 radical (unpaired) electrons. The van der Waals surface area contributed by atoms with Gasteiger partial charge in [-0.3, -0.25) is 9.69 Å². The number of nitrogens with zero attached hydrogens (tertiary/aromatic N) is 1. The Kier molecular flexibility index (Phi) is 5.62. The van der Waals surface area contributed by atoms with E-state index in [1.807, 2.05) is 37.1 Å². The number of terminal acetylenes is 1. The highest BCUT2D eigenvalue weighted by molar-refractivity contribution is 5.83. The fourth-order valence-electron chi connectivity index (χ4n) is 2.61. The monoisotopic (exact) mass is 297 g/mol. The Morgan fingerprint density at radius 1 is 1.45 bits per heavy atom. The lowest BCUT2D eigenvalue weighted by atomic mass is 10.1. The predicted octanol–water partition coefficient (Wildman–Crippen LogP) is 2.17. The third kappa shape index (κ3) is 3.69. The average Bonchev–Trinajstić information content (AvgIpc) is 2.95. The van der Waals surface area contributed by atoms with Crippen LogP contribution in [0.2, 0.25) is 0 Å². The quantitative estimate of drug-likeness (QED) is 0.770. The zero-order valence-electron chi connectivity index (χ0n) is 13.2. The van der Waals surface area contributed by atoms with Crippen molar-refractivity contribution >= 4 is 16.8 Å². The first-order chi connectivity index (χ1) is 10.7.